The Morgan fingerprint density at radius 3 is 2.22 bits per heavy atom. The van der Waals surface area contributed by atoms with E-state index in [9.17, 15) is 13.2 Å². The second kappa shape index (κ2) is 5.78. The van der Waals surface area contributed by atoms with Crippen LogP contribution in [0, 0.1) is 5.92 Å². The summed E-state index contributed by atoms with van der Waals surface area (Å²) in [5, 5.41) is 0. The van der Waals surface area contributed by atoms with Gasteiger partial charge in [-0.05, 0) is 32.1 Å². The molecule has 2 fully saturated rings. The molecule has 2 N–H and O–H groups in total. The fraction of sp³-hybridized carbons (Fsp3) is 1.00. The number of halogens is 3. The molecule has 2 nitrogen and oxygen atoms in total. The highest BCUT2D eigenvalue weighted by Gasteiger charge is 2.48. The van der Waals surface area contributed by atoms with Crippen LogP contribution in [0.15, 0.2) is 0 Å². The van der Waals surface area contributed by atoms with Crippen molar-refractivity contribution >= 4 is 0 Å². The van der Waals surface area contributed by atoms with Gasteiger partial charge < -0.3 is 10.5 Å². The highest BCUT2D eigenvalue weighted by atomic mass is 19.4. The monoisotopic (exact) mass is 265 g/mol. The molecule has 0 saturated heterocycles. The maximum Gasteiger partial charge on any atom is 0.394 e. The van der Waals surface area contributed by atoms with Gasteiger partial charge in [-0.3, -0.25) is 0 Å². The molecule has 3 atom stereocenters. The van der Waals surface area contributed by atoms with E-state index in [4.69, 9.17) is 10.5 Å². The predicted molar refractivity (Wildman–Crippen MR) is 63.1 cm³/mol. The lowest BCUT2D eigenvalue weighted by atomic mass is 9.82. The Morgan fingerprint density at radius 2 is 1.61 bits per heavy atom. The average Bonchev–Trinajstić information content (AvgIpc) is 2.31. The predicted octanol–water partition coefficient (Wildman–Crippen LogP) is 3.39. The van der Waals surface area contributed by atoms with Gasteiger partial charge in [0.15, 0.2) is 0 Å². The van der Waals surface area contributed by atoms with E-state index in [-0.39, 0.29) is 18.6 Å². The zero-order valence-electron chi connectivity index (χ0n) is 10.6. The Morgan fingerprint density at radius 1 is 0.944 bits per heavy atom. The molecule has 0 spiro atoms. The first-order valence-corrected chi connectivity index (χ1v) is 6.94. The molecule has 0 bridgehead atoms. The van der Waals surface area contributed by atoms with Crippen molar-refractivity contribution < 1.29 is 17.9 Å². The van der Waals surface area contributed by atoms with Gasteiger partial charge >= 0.3 is 6.18 Å². The van der Waals surface area contributed by atoms with Gasteiger partial charge in [-0.15, -0.1) is 0 Å². The zero-order valence-corrected chi connectivity index (χ0v) is 10.6. The fourth-order valence-corrected chi connectivity index (χ4v) is 3.13. The summed E-state index contributed by atoms with van der Waals surface area (Å²) in [5.74, 6) is -1.37. The van der Waals surface area contributed by atoms with Crippen molar-refractivity contribution in [2.75, 3.05) is 0 Å². The van der Waals surface area contributed by atoms with Gasteiger partial charge in [0.1, 0.15) is 0 Å². The van der Waals surface area contributed by atoms with Crippen LogP contribution in [0.1, 0.15) is 51.4 Å². The number of alkyl halides is 3. The minimum atomic E-state index is -4.18. The number of hydrogen-bond donors (Lipinski definition) is 1. The van der Waals surface area contributed by atoms with Crippen LogP contribution in [-0.2, 0) is 4.74 Å². The van der Waals surface area contributed by atoms with Crippen molar-refractivity contribution in [2.45, 2.75) is 75.8 Å². The summed E-state index contributed by atoms with van der Waals surface area (Å²) < 4.78 is 44.7. The van der Waals surface area contributed by atoms with Gasteiger partial charge in [-0.2, -0.15) is 13.2 Å². The van der Waals surface area contributed by atoms with E-state index in [1.54, 1.807) is 0 Å². The van der Waals surface area contributed by atoms with Gasteiger partial charge in [0, 0.05) is 6.04 Å². The third-order valence-electron chi connectivity index (χ3n) is 4.17. The lowest BCUT2D eigenvalue weighted by Gasteiger charge is -2.38. The third kappa shape index (κ3) is 3.60. The highest BCUT2D eigenvalue weighted by molar-refractivity contribution is 4.87. The Labute approximate surface area is 106 Å². The van der Waals surface area contributed by atoms with Crippen molar-refractivity contribution in [1.82, 2.24) is 0 Å². The molecule has 2 saturated carbocycles. The number of hydrogen-bond acceptors (Lipinski definition) is 2. The SMILES string of the molecule is NC1CCC(OC2CCCCC2)C(C(F)(F)F)C1. The van der Waals surface area contributed by atoms with Crippen molar-refractivity contribution in [3.05, 3.63) is 0 Å². The second-order valence-corrected chi connectivity index (χ2v) is 5.66. The molecule has 18 heavy (non-hydrogen) atoms. The smallest absolute Gasteiger partial charge is 0.374 e. The minimum Gasteiger partial charge on any atom is -0.374 e. The van der Waals surface area contributed by atoms with Crippen LogP contribution in [0.5, 0.6) is 0 Å². The van der Waals surface area contributed by atoms with E-state index >= 15 is 0 Å². The third-order valence-corrected chi connectivity index (χ3v) is 4.17. The van der Waals surface area contributed by atoms with Crippen LogP contribution in [0.4, 0.5) is 13.2 Å². The summed E-state index contributed by atoms with van der Waals surface area (Å²) >= 11 is 0. The number of ether oxygens (including phenoxy) is 1. The van der Waals surface area contributed by atoms with Crippen LogP contribution in [0.3, 0.4) is 0 Å². The summed E-state index contributed by atoms with van der Waals surface area (Å²) in [6.07, 6.45) is 1.43. The lowest BCUT2D eigenvalue weighted by Crippen LogP contribution is -2.46. The van der Waals surface area contributed by atoms with Gasteiger partial charge in [0.25, 0.3) is 0 Å². The van der Waals surface area contributed by atoms with Gasteiger partial charge in [0.2, 0.25) is 0 Å². The topological polar surface area (TPSA) is 35.2 Å². The van der Waals surface area contributed by atoms with Gasteiger partial charge in [-0.1, -0.05) is 19.3 Å². The molecule has 0 heterocycles. The van der Waals surface area contributed by atoms with E-state index in [0.717, 1.165) is 25.7 Å². The maximum atomic E-state index is 13.0. The van der Waals surface area contributed by atoms with Gasteiger partial charge in [-0.25, -0.2) is 0 Å². The minimum absolute atomic E-state index is 0.0148. The first kappa shape index (κ1) is 14.1. The molecule has 0 aromatic heterocycles. The molecule has 0 aliphatic heterocycles. The van der Waals surface area contributed by atoms with Gasteiger partial charge in [0.05, 0.1) is 18.1 Å². The Hall–Kier alpha value is -0.290. The van der Waals surface area contributed by atoms with Crippen molar-refractivity contribution in [3.8, 4) is 0 Å². The van der Waals surface area contributed by atoms with Crippen molar-refractivity contribution in [3.63, 3.8) is 0 Å². The Kier molecular flexibility index (Phi) is 4.54. The van der Waals surface area contributed by atoms with E-state index < -0.39 is 18.2 Å². The standard InChI is InChI=1S/C13H22F3NO/c14-13(15,16)11-8-9(17)6-7-12(11)18-10-4-2-1-3-5-10/h9-12H,1-8,17H2. The average molecular weight is 265 g/mol. The molecule has 0 aromatic carbocycles. The molecule has 0 amide bonds. The summed E-state index contributed by atoms with van der Waals surface area (Å²) in [7, 11) is 0. The summed E-state index contributed by atoms with van der Waals surface area (Å²) in [6.45, 7) is 0. The first-order valence-electron chi connectivity index (χ1n) is 6.94. The van der Waals surface area contributed by atoms with Crippen LogP contribution in [0.2, 0.25) is 0 Å². The second-order valence-electron chi connectivity index (χ2n) is 5.66. The molecule has 3 unspecified atom stereocenters. The molecule has 0 radical (unpaired) electrons. The molecule has 0 aromatic rings. The summed E-state index contributed by atoms with van der Waals surface area (Å²) in [6, 6.07) is -0.331. The maximum absolute atomic E-state index is 13.0. The first-order chi connectivity index (χ1) is 8.47. The lowest BCUT2D eigenvalue weighted by molar-refractivity contribution is -0.225. The van der Waals surface area contributed by atoms with E-state index in [0.29, 0.717) is 12.8 Å². The molecule has 2 aliphatic rings. The van der Waals surface area contributed by atoms with E-state index in [1.165, 1.54) is 6.42 Å². The molecule has 2 rings (SSSR count). The fourth-order valence-electron chi connectivity index (χ4n) is 3.13. The molecule has 2 aliphatic carbocycles. The van der Waals surface area contributed by atoms with Crippen LogP contribution < -0.4 is 5.73 Å². The van der Waals surface area contributed by atoms with E-state index in [2.05, 4.69) is 0 Å². The quantitative estimate of drug-likeness (QED) is 0.830. The summed E-state index contributed by atoms with van der Waals surface area (Å²) in [5.41, 5.74) is 5.66. The van der Waals surface area contributed by atoms with Crippen molar-refractivity contribution in [2.24, 2.45) is 11.7 Å². The van der Waals surface area contributed by atoms with Crippen LogP contribution in [0.25, 0.3) is 0 Å². The number of nitrogens with two attached hydrogens (primary N) is 1. The largest absolute Gasteiger partial charge is 0.394 e. The molecular weight excluding hydrogens is 243 g/mol. The zero-order chi connectivity index (χ0) is 13.2. The Bertz CT molecular complexity index is 263. The Balaban J connectivity index is 1.95. The molecular formula is C13H22F3NO. The van der Waals surface area contributed by atoms with E-state index in [1.807, 2.05) is 0 Å². The molecule has 5 heteroatoms. The normalized spacial score (nSPS) is 35.7. The van der Waals surface area contributed by atoms with Crippen LogP contribution in [-0.4, -0.2) is 24.4 Å². The highest BCUT2D eigenvalue weighted by Crippen LogP contribution is 2.40. The van der Waals surface area contributed by atoms with Crippen LogP contribution >= 0.6 is 0 Å². The molecule has 106 valence electrons. The number of rotatable bonds is 2. The summed E-state index contributed by atoms with van der Waals surface area (Å²) in [4.78, 5) is 0. The van der Waals surface area contributed by atoms with Crippen molar-refractivity contribution in [1.29, 1.82) is 0 Å².